The summed E-state index contributed by atoms with van der Waals surface area (Å²) in [7, 11) is 0. The molecule has 0 aromatic heterocycles. The summed E-state index contributed by atoms with van der Waals surface area (Å²) in [6.45, 7) is 14.9. The van der Waals surface area contributed by atoms with Gasteiger partial charge in [0.05, 0.1) is 0 Å². The summed E-state index contributed by atoms with van der Waals surface area (Å²) in [5.41, 5.74) is 14.0. The van der Waals surface area contributed by atoms with Gasteiger partial charge in [-0.2, -0.15) is 0 Å². The minimum absolute atomic E-state index is 0.0148. The molecule has 1 aliphatic heterocycles. The summed E-state index contributed by atoms with van der Waals surface area (Å²) in [6.07, 6.45) is 25.4. The number of aliphatic imine (C=N–C) groups is 1. The van der Waals surface area contributed by atoms with Crippen LogP contribution in [-0.4, -0.2) is 18.2 Å². The third kappa shape index (κ3) is 4.68. The Balaban J connectivity index is 1.03. The van der Waals surface area contributed by atoms with Crippen LogP contribution >= 0.6 is 0 Å². The van der Waals surface area contributed by atoms with Gasteiger partial charge in [-0.1, -0.05) is 126 Å². The lowest BCUT2D eigenvalue weighted by atomic mass is 9.70. The van der Waals surface area contributed by atoms with E-state index >= 15 is 0 Å². The van der Waals surface area contributed by atoms with E-state index in [4.69, 9.17) is 4.99 Å². The molecule has 0 amide bonds. The van der Waals surface area contributed by atoms with Gasteiger partial charge in [0.2, 0.25) is 0 Å². The molecule has 264 valence electrons. The third-order valence-corrected chi connectivity index (χ3v) is 15.5. The fraction of sp³-hybridized carbons (Fsp3) is 0.521. The summed E-state index contributed by atoms with van der Waals surface area (Å²) >= 11 is 0. The van der Waals surface area contributed by atoms with E-state index in [1.165, 1.54) is 72.8 Å². The van der Waals surface area contributed by atoms with Gasteiger partial charge in [-0.25, -0.2) is 4.99 Å². The Bertz CT molecular complexity index is 1990. The maximum Gasteiger partial charge on any atom is 0.131 e. The van der Waals surface area contributed by atoms with Crippen LogP contribution in [0.25, 0.3) is 5.57 Å². The van der Waals surface area contributed by atoms with Crippen molar-refractivity contribution < 1.29 is 0 Å². The number of allylic oxidation sites excluding steroid dienone is 7. The van der Waals surface area contributed by atoms with Crippen molar-refractivity contribution in [3.63, 3.8) is 0 Å². The van der Waals surface area contributed by atoms with Gasteiger partial charge >= 0.3 is 0 Å². The molecule has 8 unspecified atom stereocenters. The van der Waals surface area contributed by atoms with E-state index in [9.17, 15) is 0 Å². The Kier molecular flexibility index (Phi) is 7.13. The van der Waals surface area contributed by atoms with Crippen LogP contribution in [0.15, 0.2) is 101 Å². The zero-order valence-electron chi connectivity index (χ0n) is 31.7. The molecule has 3 heteroatoms. The molecular formula is C48H57N3. The first kappa shape index (κ1) is 32.2. The number of benzene rings is 2. The van der Waals surface area contributed by atoms with E-state index < -0.39 is 0 Å². The van der Waals surface area contributed by atoms with Crippen LogP contribution in [0.5, 0.6) is 0 Å². The minimum Gasteiger partial charge on any atom is -0.350 e. The number of rotatable bonds is 3. The molecule has 0 bridgehead atoms. The lowest BCUT2D eigenvalue weighted by molar-refractivity contribution is 0.185. The van der Waals surface area contributed by atoms with E-state index in [-0.39, 0.29) is 28.6 Å². The molecule has 0 radical (unpaired) electrons. The van der Waals surface area contributed by atoms with Crippen LogP contribution in [0.3, 0.4) is 0 Å². The maximum atomic E-state index is 5.63. The fourth-order valence-corrected chi connectivity index (χ4v) is 12.7. The number of fused-ring (bicyclic) bond motifs is 8. The van der Waals surface area contributed by atoms with Crippen LogP contribution in [0.2, 0.25) is 0 Å². The van der Waals surface area contributed by atoms with Crippen LogP contribution in [0, 0.1) is 35.0 Å². The van der Waals surface area contributed by atoms with Gasteiger partial charge in [0, 0.05) is 28.2 Å². The molecule has 51 heavy (non-hydrogen) atoms. The molecule has 0 spiro atoms. The van der Waals surface area contributed by atoms with Crippen LogP contribution in [0.1, 0.15) is 127 Å². The third-order valence-electron chi connectivity index (χ3n) is 15.5. The molecule has 3 nitrogen and oxygen atoms in total. The summed E-state index contributed by atoms with van der Waals surface area (Å²) in [6, 6.07) is 16.5. The van der Waals surface area contributed by atoms with E-state index in [0.717, 1.165) is 18.2 Å². The highest BCUT2D eigenvalue weighted by Crippen LogP contribution is 2.60. The van der Waals surface area contributed by atoms with Crippen LogP contribution in [0.4, 0.5) is 0 Å². The first-order chi connectivity index (χ1) is 24.5. The van der Waals surface area contributed by atoms with E-state index in [2.05, 4.69) is 131 Å². The number of hydrogen-bond donors (Lipinski definition) is 2. The molecule has 2 aromatic rings. The Hall–Kier alpha value is -3.43. The van der Waals surface area contributed by atoms with Gasteiger partial charge < -0.3 is 5.32 Å². The molecule has 0 saturated heterocycles. The Morgan fingerprint density at radius 1 is 0.804 bits per heavy atom. The number of amidine groups is 1. The summed E-state index contributed by atoms with van der Waals surface area (Å²) in [5.74, 6) is 4.51. The van der Waals surface area contributed by atoms with E-state index in [0.29, 0.717) is 29.6 Å². The van der Waals surface area contributed by atoms with Crippen molar-refractivity contribution in [2.45, 2.75) is 122 Å². The second kappa shape index (κ2) is 11.3. The smallest absolute Gasteiger partial charge is 0.131 e. The number of nitrogens with one attached hydrogen (secondary N) is 2. The van der Waals surface area contributed by atoms with Crippen molar-refractivity contribution in [2.24, 2.45) is 40.0 Å². The SMILES string of the molecule is CC1(C)C2=C(CCCC2)c2ccc(C3=NC(C4C=C5C(CC4)c4ccccc4C5(C)C)NC(C4=CC5C(C=C4)C4C=CCCC4C5(C)C)N3)cc21. The van der Waals surface area contributed by atoms with E-state index in [1.807, 2.05) is 0 Å². The van der Waals surface area contributed by atoms with Gasteiger partial charge in [-0.15, -0.1) is 0 Å². The highest BCUT2D eigenvalue weighted by atomic mass is 15.3. The predicted octanol–water partition coefficient (Wildman–Crippen LogP) is 10.7. The summed E-state index contributed by atoms with van der Waals surface area (Å²) in [5, 5.41) is 8.12. The van der Waals surface area contributed by atoms with Crippen LogP contribution in [-0.2, 0) is 10.8 Å². The number of hydrogen-bond acceptors (Lipinski definition) is 3. The second-order valence-corrected chi connectivity index (χ2v) is 19.0. The monoisotopic (exact) mass is 675 g/mol. The molecule has 8 aliphatic rings. The number of nitrogens with zero attached hydrogens (tertiary/aromatic N) is 1. The molecule has 1 fully saturated rings. The molecule has 2 aromatic carbocycles. The first-order valence-corrected chi connectivity index (χ1v) is 20.4. The predicted molar refractivity (Wildman–Crippen MR) is 212 cm³/mol. The highest BCUT2D eigenvalue weighted by Gasteiger charge is 2.54. The normalized spacial score (nSPS) is 36.1. The second-order valence-electron chi connectivity index (χ2n) is 19.0. The van der Waals surface area contributed by atoms with Gasteiger partial charge in [0.15, 0.2) is 0 Å². The van der Waals surface area contributed by atoms with Crippen molar-refractivity contribution in [2.75, 3.05) is 0 Å². The standard InChI is InChI=1S/C48H57N3/c1-46(2)37-16-10-7-13-31(37)34-22-19-28(25-40(34)46)43-49-44(29-20-23-35-32-14-8-11-17-38(32)47(3,4)41(35)26-29)51-45(50-43)30-21-24-36-33-15-9-12-18-39(33)48(5,6)42(36)27-30/h7-8,10,13-14,16,20-21,23-28,32,34-35,38,41,43-44,49H,9,11-12,15,17-19,22H2,1-6H3,(H,50,51). The first-order valence-electron chi connectivity index (χ1n) is 20.4. The largest absolute Gasteiger partial charge is 0.350 e. The van der Waals surface area contributed by atoms with Gasteiger partial charge in [-0.05, 0) is 120 Å². The quantitative estimate of drug-likeness (QED) is 0.318. The molecule has 2 N–H and O–H groups in total. The Labute approximate surface area is 306 Å². The minimum atomic E-state index is 0.0148. The lowest BCUT2D eigenvalue weighted by Gasteiger charge is -2.40. The van der Waals surface area contributed by atoms with Crippen molar-refractivity contribution in [3.8, 4) is 0 Å². The molecule has 1 saturated carbocycles. The molecule has 7 aliphatic carbocycles. The van der Waals surface area contributed by atoms with Crippen molar-refractivity contribution >= 4 is 11.4 Å². The van der Waals surface area contributed by atoms with Crippen LogP contribution < -0.4 is 10.6 Å². The van der Waals surface area contributed by atoms with Crippen molar-refractivity contribution in [1.29, 1.82) is 0 Å². The van der Waals surface area contributed by atoms with Crippen molar-refractivity contribution in [3.05, 3.63) is 123 Å². The van der Waals surface area contributed by atoms with Gasteiger partial charge in [0.1, 0.15) is 18.2 Å². The zero-order valence-corrected chi connectivity index (χ0v) is 31.7. The average Bonchev–Trinajstić information content (AvgIpc) is 3.64. The molecule has 10 rings (SSSR count). The van der Waals surface area contributed by atoms with Gasteiger partial charge in [-0.3, -0.25) is 5.32 Å². The van der Waals surface area contributed by atoms with Gasteiger partial charge in [0.25, 0.3) is 0 Å². The van der Waals surface area contributed by atoms with E-state index in [1.54, 1.807) is 22.3 Å². The maximum absolute atomic E-state index is 5.63. The molecule has 8 atom stereocenters. The fourth-order valence-electron chi connectivity index (χ4n) is 12.7. The average molecular weight is 676 g/mol. The Morgan fingerprint density at radius 2 is 1.65 bits per heavy atom. The topological polar surface area (TPSA) is 36.4 Å². The molecule has 1 heterocycles. The lowest BCUT2D eigenvalue weighted by Crippen LogP contribution is -2.57. The van der Waals surface area contributed by atoms with Crippen molar-refractivity contribution in [1.82, 2.24) is 10.6 Å². The Morgan fingerprint density at radius 3 is 2.53 bits per heavy atom. The zero-order chi connectivity index (χ0) is 34.9. The summed E-state index contributed by atoms with van der Waals surface area (Å²) in [4.78, 5) is 5.63. The highest BCUT2D eigenvalue weighted by molar-refractivity contribution is 6.01. The molecular weight excluding hydrogens is 619 g/mol. The summed E-state index contributed by atoms with van der Waals surface area (Å²) < 4.78 is 0.